The second-order valence-corrected chi connectivity index (χ2v) is 8.04. The first kappa shape index (κ1) is 21.3. The third kappa shape index (κ3) is 4.89. The van der Waals surface area contributed by atoms with Crippen LogP contribution in [-0.2, 0) is 0 Å². The molecule has 160 valence electrons. The molecule has 0 spiro atoms. The smallest absolute Gasteiger partial charge is 0.254 e. The first-order valence-electron chi connectivity index (χ1n) is 9.67. The Labute approximate surface area is 189 Å². The van der Waals surface area contributed by atoms with Crippen LogP contribution in [0.5, 0.6) is 11.6 Å². The average molecular weight is 461 g/mol. The van der Waals surface area contributed by atoms with Gasteiger partial charge in [0.25, 0.3) is 5.91 Å². The summed E-state index contributed by atoms with van der Waals surface area (Å²) in [5.74, 6) is 0.810. The van der Waals surface area contributed by atoms with Crippen LogP contribution >= 0.6 is 23.2 Å². The van der Waals surface area contributed by atoms with Gasteiger partial charge in [0.2, 0.25) is 5.88 Å². The number of hydrogen-bond donors (Lipinski definition) is 0. The molecule has 6 nitrogen and oxygen atoms in total. The monoisotopic (exact) mass is 460 g/mol. The van der Waals surface area contributed by atoms with E-state index in [0.29, 0.717) is 47.7 Å². The van der Waals surface area contributed by atoms with Gasteiger partial charge in [-0.3, -0.25) is 4.79 Å². The van der Waals surface area contributed by atoms with E-state index in [9.17, 15) is 9.18 Å². The van der Waals surface area contributed by atoms with E-state index in [1.54, 1.807) is 30.3 Å². The third-order valence-electron chi connectivity index (χ3n) is 5.02. The number of anilines is 1. The van der Waals surface area contributed by atoms with Crippen LogP contribution in [0.2, 0.25) is 10.0 Å². The van der Waals surface area contributed by atoms with E-state index >= 15 is 0 Å². The van der Waals surface area contributed by atoms with Gasteiger partial charge >= 0.3 is 0 Å². The topological polar surface area (TPSA) is 58.6 Å². The number of halogens is 3. The maximum absolute atomic E-state index is 13.3. The van der Waals surface area contributed by atoms with E-state index < -0.39 is 5.82 Å². The molecule has 1 amide bonds. The number of carbonyl (C=O) groups excluding carboxylic acids is 1. The van der Waals surface area contributed by atoms with Gasteiger partial charge in [0.15, 0.2) is 0 Å². The molecule has 1 aliphatic rings. The summed E-state index contributed by atoms with van der Waals surface area (Å²) in [4.78, 5) is 25.2. The first-order valence-corrected chi connectivity index (χ1v) is 10.4. The lowest BCUT2D eigenvalue weighted by atomic mass is 10.1. The molecule has 0 bridgehead atoms. The van der Waals surface area contributed by atoms with Gasteiger partial charge in [-0.05, 0) is 37.3 Å². The molecule has 4 rings (SSSR count). The van der Waals surface area contributed by atoms with Gasteiger partial charge in [-0.1, -0.05) is 29.3 Å². The van der Waals surface area contributed by atoms with Crippen molar-refractivity contribution in [2.75, 3.05) is 24.5 Å². The van der Waals surface area contributed by atoms with Crippen molar-refractivity contribution in [2.24, 2.45) is 0 Å². The zero-order chi connectivity index (χ0) is 22.0. The number of piperazine rings is 1. The minimum atomic E-state index is -0.517. The summed E-state index contributed by atoms with van der Waals surface area (Å²) in [6.45, 7) is 3.74. The summed E-state index contributed by atoms with van der Waals surface area (Å²) in [6, 6.07) is 12.7. The number of carbonyl (C=O) groups is 1. The van der Waals surface area contributed by atoms with Crippen molar-refractivity contribution >= 4 is 34.9 Å². The summed E-state index contributed by atoms with van der Waals surface area (Å²) in [5, 5.41) is 0.509. The SMILES string of the molecule is CC1CN(c2cc(Oc3ccc(F)c(Cl)c3)ncn2)CCN1C(=O)c1cccc(Cl)c1. The highest BCUT2D eigenvalue weighted by Gasteiger charge is 2.29. The van der Waals surface area contributed by atoms with Gasteiger partial charge in [0.1, 0.15) is 23.7 Å². The molecule has 31 heavy (non-hydrogen) atoms. The molecule has 3 aromatic rings. The van der Waals surface area contributed by atoms with Crippen molar-refractivity contribution in [3.05, 3.63) is 76.3 Å². The van der Waals surface area contributed by atoms with E-state index in [1.807, 2.05) is 11.8 Å². The molecule has 1 unspecified atom stereocenters. The van der Waals surface area contributed by atoms with Gasteiger partial charge < -0.3 is 14.5 Å². The number of nitrogens with zero attached hydrogens (tertiary/aromatic N) is 4. The van der Waals surface area contributed by atoms with Crippen LogP contribution in [-0.4, -0.2) is 46.5 Å². The molecular formula is C22H19Cl2FN4O2. The van der Waals surface area contributed by atoms with Crippen molar-refractivity contribution in [3.8, 4) is 11.6 Å². The van der Waals surface area contributed by atoms with Crippen molar-refractivity contribution in [1.29, 1.82) is 0 Å². The van der Waals surface area contributed by atoms with Crippen molar-refractivity contribution in [1.82, 2.24) is 14.9 Å². The number of hydrogen-bond acceptors (Lipinski definition) is 5. The molecule has 1 atom stereocenters. The fraction of sp³-hybridized carbons (Fsp3) is 0.227. The summed E-state index contributed by atoms with van der Waals surface area (Å²) < 4.78 is 19.0. The van der Waals surface area contributed by atoms with E-state index in [-0.39, 0.29) is 17.0 Å². The molecular weight excluding hydrogens is 442 g/mol. The highest BCUT2D eigenvalue weighted by molar-refractivity contribution is 6.31. The van der Waals surface area contributed by atoms with Gasteiger partial charge in [0.05, 0.1) is 5.02 Å². The average Bonchev–Trinajstić information content (AvgIpc) is 2.76. The molecule has 0 saturated carbocycles. The van der Waals surface area contributed by atoms with E-state index in [0.717, 1.165) is 0 Å². The standard InChI is InChI=1S/C22H19Cl2FN4O2/c1-14-12-28(7-8-29(14)22(30)15-3-2-4-16(23)9-15)20-11-21(27-13-26-20)31-17-5-6-19(25)18(24)10-17/h2-6,9-11,13-14H,7-8,12H2,1H3. The predicted octanol–water partition coefficient (Wildman–Crippen LogP) is 5.07. The molecule has 2 aromatic carbocycles. The zero-order valence-corrected chi connectivity index (χ0v) is 18.1. The second kappa shape index (κ2) is 9.08. The van der Waals surface area contributed by atoms with Gasteiger partial charge in [-0.25, -0.2) is 14.4 Å². The molecule has 2 heterocycles. The summed E-state index contributed by atoms with van der Waals surface area (Å²) in [7, 11) is 0. The Kier molecular flexibility index (Phi) is 6.25. The number of aromatic nitrogens is 2. The Bertz CT molecular complexity index is 1110. The summed E-state index contributed by atoms with van der Waals surface area (Å²) in [5.41, 5.74) is 0.573. The van der Waals surface area contributed by atoms with Gasteiger partial charge in [-0.15, -0.1) is 0 Å². The first-order chi connectivity index (χ1) is 14.9. The lowest BCUT2D eigenvalue weighted by Gasteiger charge is -2.40. The Morgan fingerprint density at radius 3 is 2.71 bits per heavy atom. The highest BCUT2D eigenvalue weighted by Crippen LogP contribution is 2.27. The fourth-order valence-corrected chi connectivity index (χ4v) is 3.84. The van der Waals surface area contributed by atoms with E-state index in [1.165, 1.54) is 24.5 Å². The molecule has 1 fully saturated rings. The lowest BCUT2D eigenvalue weighted by molar-refractivity contribution is 0.0673. The number of amides is 1. The lowest BCUT2D eigenvalue weighted by Crippen LogP contribution is -2.54. The van der Waals surface area contributed by atoms with E-state index in [2.05, 4.69) is 14.9 Å². The second-order valence-electron chi connectivity index (χ2n) is 7.20. The quantitative estimate of drug-likeness (QED) is 0.544. The maximum Gasteiger partial charge on any atom is 0.254 e. The van der Waals surface area contributed by atoms with Crippen LogP contribution in [0.1, 0.15) is 17.3 Å². The van der Waals surface area contributed by atoms with Crippen molar-refractivity contribution < 1.29 is 13.9 Å². The largest absolute Gasteiger partial charge is 0.439 e. The Morgan fingerprint density at radius 2 is 1.97 bits per heavy atom. The summed E-state index contributed by atoms with van der Waals surface area (Å²) >= 11 is 11.8. The Morgan fingerprint density at radius 1 is 1.13 bits per heavy atom. The molecule has 0 N–H and O–H groups in total. The minimum absolute atomic E-state index is 0.0268. The molecule has 1 aliphatic heterocycles. The summed E-state index contributed by atoms with van der Waals surface area (Å²) in [6.07, 6.45) is 1.41. The molecule has 9 heteroatoms. The highest BCUT2D eigenvalue weighted by atomic mass is 35.5. The molecule has 0 aliphatic carbocycles. The van der Waals surface area contributed by atoms with Crippen molar-refractivity contribution in [3.63, 3.8) is 0 Å². The van der Waals surface area contributed by atoms with Gasteiger partial charge in [-0.2, -0.15) is 0 Å². The number of rotatable bonds is 4. The van der Waals surface area contributed by atoms with Crippen LogP contribution in [0.25, 0.3) is 0 Å². The molecule has 1 saturated heterocycles. The Hall–Kier alpha value is -2.90. The zero-order valence-electron chi connectivity index (χ0n) is 16.6. The number of benzene rings is 2. The molecule has 0 radical (unpaired) electrons. The maximum atomic E-state index is 13.3. The fourth-order valence-electron chi connectivity index (χ4n) is 3.47. The number of ether oxygens (including phenoxy) is 1. The van der Waals surface area contributed by atoms with Crippen LogP contribution in [0.3, 0.4) is 0 Å². The third-order valence-corrected chi connectivity index (χ3v) is 5.55. The predicted molar refractivity (Wildman–Crippen MR) is 118 cm³/mol. The van der Waals surface area contributed by atoms with Crippen LogP contribution in [0.4, 0.5) is 10.2 Å². The normalized spacial score (nSPS) is 16.3. The van der Waals surface area contributed by atoms with Crippen LogP contribution in [0, 0.1) is 5.82 Å². The Balaban J connectivity index is 1.45. The van der Waals surface area contributed by atoms with Crippen molar-refractivity contribution in [2.45, 2.75) is 13.0 Å². The van der Waals surface area contributed by atoms with Crippen LogP contribution < -0.4 is 9.64 Å². The van der Waals surface area contributed by atoms with Gasteiger partial charge in [0, 0.05) is 48.4 Å². The molecule has 1 aromatic heterocycles. The van der Waals surface area contributed by atoms with E-state index in [4.69, 9.17) is 27.9 Å². The minimum Gasteiger partial charge on any atom is -0.439 e. The van der Waals surface area contributed by atoms with Crippen LogP contribution in [0.15, 0.2) is 54.9 Å².